The maximum atomic E-state index is 13.2. The lowest BCUT2D eigenvalue weighted by molar-refractivity contribution is 0.0792. The molecule has 0 aliphatic heterocycles. The predicted octanol–water partition coefficient (Wildman–Crippen LogP) is 1.36. The van der Waals surface area contributed by atoms with Crippen molar-refractivity contribution >= 4 is 30.7 Å². The number of amides is 1. The van der Waals surface area contributed by atoms with Crippen LogP contribution < -0.4 is 5.32 Å². The summed E-state index contributed by atoms with van der Waals surface area (Å²) in [5.41, 5.74) is 0.0589. The zero-order valence-corrected chi connectivity index (χ0v) is 11.3. The second-order valence-electron chi connectivity index (χ2n) is 3.19. The van der Waals surface area contributed by atoms with E-state index in [1.807, 2.05) is 0 Å². The molecule has 17 heavy (non-hydrogen) atoms. The fourth-order valence-corrected chi connectivity index (χ4v) is 1.14. The normalized spacial score (nSPS) is 8.88. The summed E-state index contributed by atoms with van der Waals surface area (Å²) >= 11 is 0. The zero-order chi connectivity index (χ0) is 11.3. The van der Waals surface area contributed by atoms with E-state index in [-0.39, 0.29) is 36.3 Å². The highest BCUT2D eigenvalue weighted by molar-refractivity contribution is 5.94. The average Bonchev–Trinajstić information content (AvgIpc) is 2.25. The van der Waals surface area contributed by atoms with Gasteiger partial charge in [0.15, 0.2) is 5.82 Å². The van der Waals surface area contributed by atoms with Crippen molar-refractivity contribution in [2.75, 3.05) is 27.2 Å². The van der Waals surface area contributed by atoms with Crippen LogP contribution in [-0.4, -0.2) is 43.0 Å². The lowest BCUT2D eigenvalue weighted by Gasteiger charge is -2.16. The summed E-state index contributed by atoms with van der Waals surface area (Å²) in [6.07, 6.45) is 2.45. The molecule has 7 heteroatoms. The number of nitrogens with zero attached hydrogens (tertiary/aromatic N) is 2. The molecule has 0 saturated heterocycles. The summed E-state index contributed by atoms with van der Waals surface area (Å²) in [7, 11) is 3.44. The van der Waals surface area contributed by atoms with Crippen molar-refractivity contribution in [3.63, 3.8) is 0 Å². The third kappa shape index (κ3) is 5.30. The van der Waals surface area contributed by atoms with E-state index in [0.717, 1.165) is 6.20 Å². The molecular formula is C10H16Cl2FN3O. The zero-order valence-electron chi connectivity index (χ0n) is 9.64. The van der Waals surface area contributed by atoms with Crippen LogP contribution in [0.15, 0.2) is 18.5 Å². The maximum absolute atomic E-state index is 13.2. The van der Waals surface area contributed by atoms with E-state index < -0.39 is 5.82 Å². The van der Waals surface area contributed by atoms with Gasteiger partial charge in [0.25, 0.3) is 5.91 Å². The number of carbonyl (C=O) groups excluding carboxylic acids is 1. The second-order valence-corrected chi connectivity index (χ2v) is 3.19. The predicted molar refractivity (Wildman–Crippen MR) is 69.6 cm³/mol. The number of hydrogen-bond donors (Lipinski definition) is 1. The van der Waals surface area contributed by atoms with Gasteiger partial charge in [-0.15, -0.1) is 24.8 Å². The molecule has 0 aliphatic carbocycles. The number of halogens is 3. The minimum absolute atomic E-state index is 0. The fraction of sp³-hybridized carbons (Fsp3) is 0.400. The van der Waals surface area contributed by atoms with Gasteiger partial charge in [-0.3, -0.25) is 9.78 Å². The Morgan fingerprint density at radius 2 is 2.18 bits per heavy atom. The van der Waals surface area contributed by atoms with Gasteiger partial charge >= 0.3 is 0 Å². The quantitative estimate of drug-likeness (QED) is 0.908. The standard InChI is InChI=1S/C10H14FN3O.2ClH/c1-12-5-6-14(2)10(15)8-3-4-13-7-9(8)11;;/h3-4,7,12H,5-6H2,1-2H3;2*1H. The number of likely N-dealkylation sites (N-methyl/N-ethyl adjacent to an activating group) is 2. The smallest absolute Gasteiger partial charge is 0.256 e. The van der Waals surface area contributed by atoms with E-state index in [9.17, 15) is 9.18 Å². The minimum Gasteiger partial charge on any atom is -0.340 e. The van der Waals surface area contributed by atoms with Crippen LogP contribution in [0.2, 0.25) is 0 Å². The molecule has 0 atom stereocenters. The maximum Gasteiger partial charge on any atom is 0.256 e. The topological polar surface area (TPSA) is 45.2 Å². The lowest BCUT2D eigenvalue weighted by Crippen LogP contribution is -2.33. The third-order valence-corrected chi connectivity index (χ3v) is 2.05. The van der Waals surface area contributed by atoms with Crippen LogP contribution in [0.3, 0.4) is 0 Å². The van der Waals surface area contributed by atoms with Crippen LogP contribution in [0.4, 0.5) is 4.39 Å². The first-order valence-electron chi connectivity index (χ1n) is 4.66. The Kier molecular flexibility index (Phi) is 9.94. The summed E-state index contributed by atoms with van der Waals surface area (Å²) in [6, 6.07) is 1.38. The molecule has 1 heterocycles. The molecule has 0 aromatic carbocycles. The van der Waals surface area contributed by atoms with E-state index in [2.05, 4.69) is 10.3 Å². The average molecular weight is 284 g/mol. The van der Waals surface area contributed by atoms with Gasteiger partial charge in [0.05, 0.1) is 11.8 Å². The molecule has 0 saturated carbocycles. The Hall–Kier alpha value is -0.910. The molecule has 1 amide bonds. The van der Waals surface area contributed by atoms with Crippen LogP contribution in [-0.2, 0) is 0 Å². The van der Waals surface area contributed by atoms with Crippen molar-refractivity contribution in [2.24, 2.45) is 0 Å². The first-order chi connectivity index (χ1) is 7.16. The first kappa shape index (κ1) is 18.5. The van der Waals surface area contributed by atoms with E-state index in [1.165, 1.54) is 17.2 Å². The van der Waals surface area contributed by atoms with E-state index in [4.69, 9.17) is 0 Å². The molecule has 4 nitrogen and oxygen atoms in total. The minimum atomic E-state index is -0.584. The SMILES string of the molecule is CNCCN(C)C(=O)c1ccncc1F.Cl.Cl. The Morgan fingerprint density at radius 1 is 1.53 bits per heavy atom. The molecule has 98 valence electrons. The number of nitrogens with one attached hydrogen (secondary N) is 1. The number of aromatic nitrogens is 1. The Labute approximate surface area is 112 Å². The van der Waals surface area contributed by atoms with Crippen molar-refractivity contribution in [3.05, 3.63) is 29.8 Å². The second kappa shape index (κ2) is 9.15. The first-order valence-corrected chi connectivity index (χ1v) is 4.66. The Bertz CT molecular complexity index is 352. The van der Waals surface area contributed by atoms with Gasteiger partial charge in [0, 0.05) is 26.3 Å². The van der Waals surface area contributed by atoms with Crippen LogP contribution >= 0.6 is 24.8 Å². The van der Waals surface area contributed by atoms with Gasteiger partial charge in [-0.25, -0.2) is 4.39 Å². The van der Waals surface area contributed by atoms with E-state index in [1.54, 1.807) is 14.1 Å². The molecule has 0 bridgehead atoms. The van der Waals surface area contributed by atoms with Gasteiger partial charge in [-0.1, -0.05) is 0 Å². The molecular weight excluding hydrogens is 268 g/mol. The molecule has 1 aromatic rings. The molecule has 1 aromatic heterocycles. The summed E-state index contributed by atoms with van der Waals surface area (Å²) in [5.74, 6) is -0.913. The van der Waals surface area contributed by atoms with Crippen LogP contribution in [0.5, 0.6) is 0 Å². The van der Waals surface area contributed by atoms with Crippen molar-refractivity contribution < 1.29 is 9.18 Å². The van der Waals surface area contributed by atoms with Gasteiger partial charge < -0.3 is 10.2 Å². The van der Waals surface area contributed by atoms with E-state index >= 15 is 0 Å². The number of rotatable bonds is 4. The third-order valence-electron chi connectivity index (χ3n) is 2.05. The summed E-state index contributed by atoms with van der Waals surface area (Å²) < 4.78 is 13.2. The van der Waals surface area contributed by atoms with Crippen molar-refractivity contribution in [1.29, 1.82) is 0 Å². The number of carbonyl (C=O) groups is 1. The molecule has 0 spiro atoms. The van der Waals surface area contributed by atoms with Crippen LogP contribution in [0, 0.1) is 5.82 Å². The highest BCUT2D eigenvalue weighted by Gasteiger charge is 2.14. The van der Waals surface area contributed by atoms with Gasteiger partial charge in [0.2, 0.25) is 0 Å². The summed E-state index contributed by atoms with van der Waals surface area (Å²) in [4.78, 5) is 16.8. The molecule has 0 aliphatic rings. The van der Waals surface area contributed by atoms with Gasteiger partial charge in [-0.05, 0) is 13.1 Å². The van der Waals surface area contributed by atoms with E-state index in [0.29, 0.717) is 13.1 Å². The van der Waals surface area contributed by atoms with Gasteiger partial charge in [-0.2, -0.15) is 0 Å². The highest BCUT2D eigenvalue weighted by atomic mass is 35.5. The fourth-order valence-electron chi connectivity index (χ4n) is 1.14. The lowest BCUT2D eigenvalue weighted by atomic mass is 10.2. The molecule has 1 N–H and O–H groups in total. The van der Waals surface area contributed by atoms with Crippen molar-refractivity contribution in [1.82, 2.24) is 15.2 Å². The van der Waals surface area contributed by atoms with Crippen LogP contribution in [0.25, 0.3) is 0 Å². The molecule has 0 radical (unpaired) electrons. The molecule has 0 unspecified atom stereocenters. The van der Waals surface area contributed by atoms with Crippen molar-refractivity contribution in [2.45, 2.75) is 0 Å². The number of pyridine rings is 1. The molecule has 1 rings (SSSR count). The Morgan fingerprint density at radius 3 is 2.71 bits per heavy atom. The monoisotopic (exact) mass is 283 g/mol. The largest absolute Gasteiger partial charge is 0.340 e. The highest BCUT2D eigenvalue weighted by Crippen LogP contribution is 2.06. The number of hydrogen-bond acceptors (Lipinski definition) is 3. The Balaban J connectivity index is 0. The van der Waals surface area contributed by atoms with Gasteiger partial charge in [0.1, 0.15) is 0 Å². The summed E-state index contributed by atoms with van der Waals surface area (Å²) in [6.45, 7) is 1.21. The van der Waals surface area contributed by atoms with Crippen molar-refractivity contribution in [3.8, 4) is 0 Å². The van der Waals surface area contributed by atoms with Crippen LogP contribution in [0.1, 0.15) is 10.4 Å². The molecule has 0 fully saturated rings. The summed E-state index contributed by atoms with van der Waals surface area (Å²) in [5, 5.41) is 2.92.